The predicted molar refractivity (Wildman–Crippen MR) is 130 cm³/mol. The second kappa shape index (κ2) is 8.51. The highest BCUT2D eigenvalue weighted by molar-refractivity contribution is 6.18. The highest BCUT2D eigenvalue weighted by Gasteiger charge is 2.35. The Morgan fingerprint density at radius 3 is 2.54 bits per heavy atom. The van der Waals surface area contributed by atoms with Crippen molar-refractivity contribution in [2.24, 2.45) is 0 Å². The van der Waals surface area contributed by atoms with Gasteiger partial charge in [-0.3, -0.25) is 4.79 Å². The van der Waals surface area contributed by atoms with Crippen LogP contribution in [0.4, 0.5) is 0 Å². The van der Waals surface area contributed by atoms with Gasteiger partial charge in [-0.15, -0.1) is 0 Å². The molecule has 7 heteroatoms. The molecular formula is C28H23NO6. The zero-order valence-electron chi connectivity index (χ0n) is 18.9. The number of aliphatic carboxylic acids is 1. The first kappa shape index (κ1) is 21.3. The van der Waals surface area contributed by atoms with E-state index in [-0.39, 0.29) is 12.7 Å². The number of hydrogen-bond donors (Lipinski definition) is 1. The lowest BCUT2D eigenvalue weighted by Gasteiger charge is -2.23. The Morgan fingerprint density at radius 2 is 1.74 bits per heavy atom. The molecule has 1 saturated heterocycles. The molecule has 0 aliphatic carbocycles. The number of carboxylic acids is 1. The average molecular weight is 469 g/mol. The van der Waals surface area contributed by atoms with Crippen molar-refractivity contribution in [2.75, 3.05) is 13.3 Å². The Hall–Kier alpha value is -4.26. The molecule has 0 spiro atoms. The fourth-order valence-electron chi connectivity index (χ4n) is 4.95. The summed E-state index contributed by atoms with van der Waals surface area (Å²) in [4.78, 5) is 26.8. The highest BCUT2D eigenvalue weighted by atomic mass is 16.7. The molecule has 1 atom stereocenters. The first-order valence-electron chi connectivity index (χ1n) is 11.6. The third-order valence-corrected chi connectivity index (χ3v) is 6.69. The molecule has 0 radical (unpaired) electrons. The zero-order valence-corrected chi connectivity index (χ0v) is 18.9. The van der Waals surface area contributed by atoms with Gasteiger partial charge in [-0.05, 0) is 76.3 Å². The molecule has 6 rings (SSSR count). The fraction of sp³-hybridized carbons (Fsp3) is 0.214. The number of carbonyl (C=O) groups excluding carboxylic acids is 1. The topological polar surface area (TPSA) is 85.3 Å². The van der Waals surface area contributed by atoms with Gasteiger partial charge in [0.2, 0.25) is 6.79 Å². The van der Waals surface area contributed by atoms with E-state index >= 15 is 0 Å². The highest BCUT2D eigenvalue weighted by Crippen LogP contribution is 2.41. The summed E-state index contributed by atoms with van der Waals surface area (Å²) in [5.41, 5.74) is 1.52. The van der Waals surface area contributed by atoms with Crippen LogP contribution >= 0.6 is 0 Å². The number of nitrogens with zero attached hydrogens (tertiary/aromatic N) is 1. The number of ether oxygens (including phenoxy) is 3. The van der Waals surface area contributed by atoms with Gasteiger partial charge in [0.05, 0.1) is 0 Å². The van der Waals surface area contributed by atoms with Crippen molar-refractivity contribution in [1.82, 2.24) is 4.90 Å². The Kier molecular flexibility index (Phi) is 5.17. The van der Waals surface area contributed by atoms with E-state index in [4.69, 9.17) is 14.2 Å². The van der Waals surface area contributed by atoms with Crippen LogP contribution in [-0.2, 0) is 11.4 Å². The SMILES string of the molecule is O=C(O)[C@@H]1CCCN1C(=O)c1cc2cc3c(cc2c2cc(OCc4ccccc4)ccc12)OCO3. The van der Waals surface area contributed by atoms with Gasteiger partial charge >= 0.3 is 5.97 Å². The van der Waals surface area contributed by atoms with Crippen LogP contribution in [0.1, 0.15) is 28.8 Å². The molecule has 35 heavy (non-hydrogen) atoms. The Bertz CT molecular complexity index is 1470. The molecule has 2 heterocycles. The lowest BCUT2D eigenvalue weighted by atomic mass is 9.95. The molecule has 1 amide bonds. The number of likely N-dealkylation sites (tertiary alicyclic amines) is 1. The van der Waals surface area contributed by atoms with E-state index in [1.165, 1.54) is 4.90 Å². The van der Waals surface area contributed by atoms with Crippen LogP contribution in [0.25, 0.3) is 21.5 Å². The number of fused-ring (bicyclic) bond motifs is 4. The summed E-state index contributed by atoms with van der Waals surface area (Å²) in [5.74, 6) is 0.697. The minimum Gasteiger partial charge on any atom is -0.489 e. The molecule has 4 aromatic rings. The average Bonchev–Trinajstić information content (AvgIpc) is 3.55. The van der Waals surface area contributed by atoms with E-state index in [9.17, 15) is 14.7 Å². The number of amides is 1. The summed E-state index contributed by atoms with van der Waals surface area (Å²) in [5, 5.41) is 12.9. The maximum absolute atomic E-state index is 13.6. The van der Waals surface area contributed by atoms with Crippen LogP contribution in [0.5, 0.6) is 17.2 Å². The van der Waals surface area contributed by atoms with E-state index in [0.717, 1.165) is 27.1 Å². The number of carboxylic acid groups (broad SMARTS) is 1. The third-order valence-electron chi connectivity index (χ3n) is 6.69. The van der Waals surface area contributed by atoms with Gasteiger partial charge in [0.1, 0.15) is 18.4 Å². The van der Waals surface area contributed by atoms with Crippen molar-refractivity contribution in [1.29, 1.82) is 0 Å². The number of benzene rings is 4. The van der Waals surface area contributed by atoms with Gasteiger partial charge in [-0.1, -0.05) is 30.3 Å². The Labute approximate surface area is 201 Å². The van der Waals surface area contributed by atoms with E-state index in [1.807, 2.05) is 66.7 Å². The molecule has 0 saturated carbocycles. The second-order valence-corrected chi connectivity index (χ2v) is 8.83. The molecule has 0 unspecified atom stereocenters. The summed E-state index contributed by atoms with van der Waals surface area (Å²) >= 11 is 0. The molecule has 2 aliphatic rings. The Balaban J connectivity index is 1.47. The van der Waals surface area contributed by atoms with Crippen molar-refractivity contribution in [3.8, 4) is 17.2 Å². The molecule has 1 N–H and O–H groups in total. The van der Waals surface area contributed by atoms with E-state index in [2.05, 4.69) is 0 Å². The maximum atomic E-state index is 13.6. The zero-order chi connectivity index (χ0) is 23.9. The molecular weight excluding hydrogens is 446 g/mol. The number of carbonyl (C=O) groups is 2. The normalized spacial score (nSPS) is 16.7. The van der Waals surface area contributed by atoms with Crippen LogP contribution < -0.4 is 14.2 Å². The summed E-state index contributed by atoms with van der Waals surface area (Å²) < 4.78 is 17.2. The molecule has 1 fully saturated rings. The minimum atomic E-state index is -0.971. The summed E-state index contributed by atoms with van der Waals surface area (Å²) in [6, 6.07) is 20.4. The molecule has 176 valence electrons. The first-order valence-corrected chi connectivity index (χ1v) is 11.6. The van der Waals surface area contributed by atoms with Gasteiger partial charge in [-0.2, -0.15) is 0 Å². The lowest BCUT2D eigenvalue weighted by molar-refractivity contribution is -0.141. The summed E-state index contributed by atoms with van der Waals surface area (Å²) in [6.07, 6.45) is 1.13. The van der Waals surface area contributed by atoms with Crippen molar-refractivity contribution >= 4 is 33.4 Å². The lowest BCUT2D eigenvalue weighted by Crippen LogP contribution is -2.40. The van der Waals surface area contributed by atoms with E-state index in [1.54, 1.807) is 0 Å². The van der Waals surface area contributed by atoms with Crippen molar-refractivity contribution in [3.63, 3.8) is 0 Å². The number of hydrogen-bond acceptors (Lipinski definition) is 5. The van der Waals surface area contributed by atoms with Crippen molar-refractivity contribution < 1.29 is 28.9 Å². The second-order valence-electron chi connectivity index (χ2n) is 8.83. The standard InChI is InChI=1S/C28H23NO6/c30-27(29-10-4-7-24(29)28(31)32)23-11-18-12-25-26(35-16-34-25)14-21(18)22-13-19(8-9-20(22)23)33-15-17-5-2-1-3-6-17/h1-3,5-6,8-9,11-14,24H,4,7,10,15-16H2,(H,31,32)/t24-/m0/s1. The predicted octanol–water partition coefficient (Wildman–Crippen LogP) is 4.99. The van der Waals surface area contributed by atoms with Crippen molar-refractivity contribution in [3.05, 3.63) is 77.9 Å². The van der Waals surface area contributed by atoms with Gasteiger partial charge in [0.15, 0.2) is 11.5 Å². The van der Waals surface area contributed by atoms with E-state index < -0.39 is 12.0 Å². The molecule has 7 nitrogen and oxygen atoms in total. The monoisotopic (exact) mass is 469 g/mol. The van der Waals surface area contributed by atoms with Gasteiger partial charge in [0, 0.05) is 12.1 Å². The minimum absolute atomic E-state index is 0.148. The van der Waals surface area contributed by atoms with Crippen molar-refractivity contribution in [2.45, 2.75) is 25.5 Å². The Morgan fingerprint density at radius 1 is 0.943 bits per heavy atom. The van der Waals surface area contributed by atoms with Crippen LogP contribution in [0.2, 0.25) is 0 Å². The van der Waals surface area contributed by atoms with Crippen LogP contribution in [0.3, 0.4) is 0 Å². The summed E-state index contributed by atoms with van der Waals surface area (Å²) in [6.45, 7) is 0.993. The summed E-state index contributed by atoms with van der Waals surface area (Å²) in [7, 11) is 0. The van der Waals surface area contributed by atoms with Crippen LogP contribution in [0.15, 0.2) is 66.7 Å². The molecule has 0 aromatic heterocycles. The fourth-order valence-corrected chi connectivity index (χ4v) is 4.95. The molecule has 4 aromatic carbocycles. The van der Waals surface area contributed by atoms with Gasteiger partial charge in [0.25, 0.3) is 5.91 Å². The maximum Gasteiger partial charge on any atom is 0.326 e. The van der Waals surface area contributed by atoms with Crippen LogP contribution in [-0.4, -0.2) is 41.3 Å². The smallest absolute Gasteiger partial charge is 0.326 e. The van der Waals surface area contributed by atoms with Crippen LogP contribution in [0, 0.1) is 0 Å². The quantitative estimate of drug-likeness (QED) is 0.415. The number of rotatable bonds is 5. The largest absolute Gasteiger partial charge is 0.489 e. The van der Waals surface area contributed by atoms with E-state index in [0.29, 0.717) is 48.8 Å². The first-order chi connectivity index (χ1) is 17.1. The molecule has 2 aliphatic heterocycles. The van der Waals surface area contributed by atoms with Gasteiger partial charge < -0.3 is 24.2 Å². The van der Waals surface area contributed by atoms with Gasteiger partial charge in [-0.25, -0.2) is 4.79 Å². The third kappa shape index (κ3) is 3.79. The molecule has 0 bridgehead atoms.